The first-order chi connectivity index (χ1) is 12.9. The van der Waals surface area contributed by atoms with Crippen LogP contribution in [0.25, 0.3) is 5.52 Å². The molecule has 144 valence electrons. The smallest absolute Gasteiger partial charge is 0.142 e. The van der Waals surface area contributed by atoms with Gasteiger partial charge in [-0.3, -0.25) is 0 Å². The first-order valence-corrected chi connectivity index (χ1v) is 9.74. The summed E-state index contributed by atoms with van der Waals surface area (Å²) in [5.41, 5.74) is 8.87. The monoisotopic (exact) mass is 368 g/mol. The summed E-state index contributed by atoms with van der Waals surface area (Å²) in [4.78, 5) is 4.84. The van der Waals surface area contributed by atoms with Crippen molar-refractivity contribution in [2.45, 2.75) is 44.4 Å². The van der Waals surface area contributed by atoms with E-state index in [9.17, 15) is 5.26 Å². The van der Waals surface area contributed by atoms with Crippen molar-refractivity contribution in [3.63, 3.8) is 0 Å². The van der Waals surface area contributed by atoms with Gasteiger partial charge in [0.25, 0.3) is 0 Å². The summed E-state index contributed by atoms with van der Waals surface area (Å²) in [5, 5.41) is 13.6. The van der Waals surface area contributed by atoms with E-state index in [1.54, 1.807) is 10.7 Å². The highest BCUT2D eigenvalue weighted by molar-refractivity contribution is 5.74. The van der Waals surface area contributed by atoms with Gasteiger partial charge < -0.3 is 20.3 Å². The van der Waals surface area contributed by atoms with Gasteiger partial charge in [0.15, 0.2) is 0 Å². The number of aromatic nitrogens is 2. The molecule has 0 spiro atoms. The number of likely N-dealkylation sites (tertiary alicyclic amines) is 1. The van der Waals surface area contributed by atoms with Crippen molar-refractivity contribution in [3.8, 4) is 6.07 Å². The number of hydrogen-bond donors (Lipinski definition) is 1. The molecule has 0 radical (unpaired) electrons. The zero-order valence-electron chi connectivity index (χ0n) is 16.1. The van der Waals surface area contributed by atoms with Crippen LogP contribution in [-0.2, 0) is 4.74 Å². The number of rotatable bonds is 3. The number of piperidine rings is 1. The van der Waals surface area contributed by atoms with Crippen molar-refractivity contribution in [2.75, 3.05) is 37.6 Å². The summed E-state index contributed by atoms with van der Waals surface area (Å²) >= 11 is 0. The van der Waals surface area contributed by atoms with Crippen LogP contribution in [0.3, 0.4) is 0 Å². The van der Waals surface area contributed by atoms with Gasteiger partial charge in [0.05, 0.1) is 29.6 Å². The molecule has 0 saturated carbocycles. The molecule has 27 heavy (non-hydrogen) atoms. The Labute approximate surface area is 160 Å². The number of nitrogens with zero attached hydrogens (tertiary/aromatic N) is 5. The van der Waals surface area contributed by atoms with Gasteiger partial charge in [0, 0.05) is 25.2 Å². The fourth-order valence-electron chi connectivity index (χ4n) is 4.23. The Kier molecular flexibility index (Phi) is 4.81. The summed E-state index contributed by atoms with van der Waals surface area (Å²) in [7, 11) is 0. The number of fused-ring (bicyclic) bond motifs is 1. The van der Waals surface area contributed by atoms with Gasteiger partial charge in [-0.1, -0.05) is 0 Å². The number of morpholine rings is 1. The van der Waals surface area contributed by atoms with E-state index in [-0.39, 0.29) is 17.7 Å². The maximum atomic E-state index is 9.30. The van der Waals surface area contributed by atoms with Crippen molar-refractivity contribution in [1.29, 1.82) is 5.26 Å². The molecule has 2 N–H and O–H groups in total. The number of nitrogens with two attached hydrogens (primary N) is 1. The molecule has 0 amide bonds. The van der Waals surface area contributed by atoms with Crippen LogP contribution >= 0.6 is 0 Å². The summed E-state index contributed by atoms with van der Waals surface area (Å²) in [6.07, 6.45) is 4.13. The average Bonchev–Trinajstić information content (AvgIpc) is 3.12. The predicted octanol–water partition coefficient (Wildman–Crippen LogP) is 1.61. The SMILES string of the molecule is C[C@@H]1CN(c2ccc(C#N)n3nccc23)C[C@H](CN2CCC(C)(N)CC2)O1. The molecule has 4 heterocycles. The van der Waals surface area contributed by atoms with Gasteiger partial charge in [0.1, 0.15) is 11.8 Å². The first kappa shape index (κ1) is 18.2. The molecule has 0 aromatic carbocycles. The highest BCUT2D eigenvalue weighted by atomic mass is 16.5. The lowest BCUT2D eigenvalue weighted by molar-refractivity contribution is -0.0365. The number of nitriles is 1. The van der Waals surface area contributed by atoms with Crippen LogP contribution in [0, 0.1) is 11.3 Å². The number of ether oxygens (including phenoxy) is 1. The van der Waals surface area contributed by atoms with Gasteiger partial charge in [-0.05, 0) is 58.0 Å². The van der Waals surface area contributed by atoms with E-state index in [2.05, 4.69) is 34.8 Å². The molecule has 2 atom stereocenters. The Bertz CT molecular complexity index is 844. The van der Waals surface area contributed by atoms with Crippen LogP contribution in [-0.4, -0.2) is 65.0 Å². The Morgan fingerprint density at radius 2 is 2.07 bits per heavy atom. The molecular weight excluding hydrogens is 340 g/mol. The molecule has 0 unspecified atom stereocenters. The Morgan fingerprint density at radius 1 is 1.30 bits per heavy atom. The standard InChI is InChI=1S/C20H28N6O/c1-15-12-25(18-4-3-16(11-21)26-19(18)5-8-23-26)14-17(27-15)13-24-9-6-20(2,22)7-10-24/h3-5,8,15,17H,6-7,9-10,12-14,22H2,1-2H3/t15-,17+/m1/s1. The minimum atomic E-state index is -0.0284. The molecule has 2 aliphatic rings. The minimum absolute atomic E-state index is 0.0284. The quantitative estimate of drug-likeness (QED) is 0.886. The van der Waals surface area contributed by atoms with Crippen molar-refractivity contribution < 1.29 is 4.74 Å². The van der Waals surface area contributed by atoms with Crippen molar-refractivity contribution in [3.05, 3.63) is 30.1 Å². The van der Waals surface area contributed by atoms with Crippen LogP contribution in [0.5, 0.6) is 0 Å². The molecule has 7 heteroatoms. The largest absolute Gasteiger partial charge is 0.370 e. The third-order valence-corrected chi connectivity index (χ3v) is 5.77. The van der Waals surface area contributed by atoms with E-state index < -0.39 is 0 Å². The molecule has 0 bridgehead atoms. The number of anilines is 1. The van der Waals surface area contributed by atoms with E-state index in [1.165, 1.54) is 0 Å². The van der Waals surface area contributed by atoms with Crippen molar-refractivity contribution in [1.82, 2.24) is 14.5 Å². The third kappa shape index (κ3) is 3.79. The van der Waals surface area contributed by atoms with Crippen LogP contribution < -0.4 is 10.6 Å². The van der Waals surface area contributed by atoms with Crippen LogP contribution in [0.15, 0.2) is 24.4 Å². The molecule has 2 fully saturated rings. The van der Waals surface area contributed by atoms with E-state index in [4.69, 9.17) is 10.5 Å². The van der Waals surface area contributed by atoms with E-state index in [0.29, 0.717) is 5.69 Å². The van der Waals surface area contributed by atoms with Gasteiger partial charge in [-0.2, -0.15) is 10.4 Å². The molecule has 2 aromatic heterocycles. The third-order valence-electron chi connectivity index (χ3n) is 5.77. The zero-order chi connectivity index (χ0) is 19.0. The average molecular weight is 368 g/mol. The minimum Gasteiger partial charge on any atom is -0.370 e. The molecule has 2 saturated heterocycles. The summed E-state index contributed by atoms with van der Waals surface area (Å²) < 4.78 is 7.96. The van der Waals surface area contributed by atoms with Gasteiger partial charge >= 0.3 is 0 Å². The summed E-state index contributed by atoms with van der Waals surface area (Å²) in [5.74, 6) is 0. The fourth-order valence-corrected chi connectivity index (χ4v) is 4.23. The Balaban J connectivity index is 1.50. The fraction of sp³-hybridized carbons (Fsp3) is 0.600. The van der Waals surface area contributed by atoms with E-state index >= 15 is 0 Å². The molecule has 2 aromatic rings. The highest BCUT2D eigenvalue weighted by Gasteiger charge is 2.31. The zero-order valence-corrected chi connectivity index (χ0v) is 16.1. The maximum absolute atomic E-state index is 9.30. The highest BCUT2D eigenvalue weighted by Crippen LogP contribution is 2.27. The number of hydrogen-bond acceptors (Lipinski definition) is 6. The normalized spacial score (nSPS) is 26.2. The maximum Gasteiger partial charge on any atom is 0.142 e. The van der Waals surface area contributed by atoms with E-state index in [1.807, 2.05) is 18.2 Å². The molecule has 4 rings (SSSR count). The Morgan fingerprint density at radius 3 is 2.81 bits per heavy atom. The second-order valence-corrected chi connectivity index (χ2v) is 8.27. The van der Waals surface area contributed by atoms with E-state index in [0.717, 1.165) is 56.8 Å². The molecule has 2 aliphatic heterocycles. The van der Waals surface area contributed by atoms with Crippen molar-refractivity contribution >= 4 is 11.2 Å². The lowest BCUT2D eigenvalue weighted by atomic mass is 9.91. The summed E-state index contributed by atoms with van der Waals surface area (Å²) in [6, 6.07) is 8.05. The van der Waals surface area contributed by atoms with Crippen LogP contribution in [0.1, 0.15) is 32.4 Å². The molecular formula is C20H28N6O. The lowest BCUT2D eigenvalue weighted by Gasteiger charge is -2.42. The molecule has 0 aliphatic carbocycles. The van der Waals surface area contributed by atoms with Crippen molar-refractivity contribution in [2.24, 2.45) is 5.73 Å². The van der Waals surface area contributed by atoms with Gasteiger partial charge in [-0.25, -0.2) is 4.52 Å². The van der Waals surface area contributed by atoms with Gasteiger partial charge in [-0.15, -0.1) is 0 Å². The Hall–Kier alpha value is -2.14. The van der Waals surface area contributed by atoms with Crippen LogP contribution in [0.2, 0.25) is 0 Å². The first-order valence-electron chi connectivity index (χ1n) is 9.74. The second-order valence-electron chi connectivity index (χ2n) is 8.27. The topological polar surface area (TPSA) is 82.8 Å². The molecule has 7 nitrogen and oxygen atoms in total. The van der Waals surface area contributed by atoms with Crippen LogP contribution in [0.4, 0.5) is 5.69 Å². The lowest BCUT2D eigenvalue weighted by Crippen LogP contribution is -2.54. The predicted molar refractivity (Wildman–Crippen MR) is 105 cm³/mol. The van der Waals surface area contributed by atoms with Gasteiger partial charge in [0.2, 0.25) is 0 Å². The summed E-state index contributed by atoms with van der Waals surface area (Å²) in [6.45, 7) is 8.95. The number of pyridine rings is 1. The second kappa shape index (κ2) is 7.12.